The Hall–Kier alpha value is -3.08. The van der Waals surface area contributed by atoms with Crippen molar-refractivity contribution in [3.8, 4) is 0 Å². The van der Waals surface area contributed by atoms with Gasteiger partial charge in [-0.05, 0) is 57.8 Å². The van der Waals surface area contributed by atoms with E-state index in [0.717, 1.165) is 83.5 Å². The highest BCUT2D eigenvalue weighted by Crippen LogP contribution is 2.43. The molecular weight excluding hydrogens is 697 g/mol. The van der Waals surface area contributed by atoms with E-state index in [0.29, 0.717) is 12.8 Å². The summed E-state index contributed by atoms with van der Waals surface area (Å²) in [5, 5.41) is 8.87. The minimum absolute atomic E-state index is 0.128. The molecule has 0 bridgehead atoms. The molecule has 0 aliphatic carbocycles. The number of esters is 2. The van der Waals surface area contributed by atoms with E-state index in [-0.39, 0.29) is 19.4 Å². The Bertz CT molecular complexity index is 1180. The molecule has 3 atom stereocenters. The van der Waals surface area contributed by atoms with Crippen LogP contribution < -0.4 is 5.73 Å². The lowest BCUT2D eigenvalue weighted by molar-refractivity contribution is -0.161. The van der Waals surface area contributed by atoms with Crippen molar-refractivity contribution in [2.75, 3.05) is 19.8 Å². The van der Waals surface area contributed by atoms with E-state index in [1.54, 1.807) is 0 Å². The van der Waals surface area contributed by atoms with Crippen molar-refractivity contribution in [2.24, 2.45) is 5.73 Å². The number of allylic oxidation sites excluding steroid dienone is 12. The molecule has 0 aromatic rings. The molecule has 0 radical (unpaired) electrons. The number of phosphoric ester groups is 1. The second-order valence-corrected chi connectivity index (χ2v) is 14.2. The number of carboxylic acid groups (broad SMARTS) is 1. The largest absolute Gasteiger partial charge is 0.480 e. The lowest BCUT2D eigenvalue weighted by Crippen LogP contribution is -2.34. The standard InChI is InChI=1S/C41H68NO10P/c1-3-5-7-9-11-13-15-17-19-21-23-25-27-29-31-33-40(44)52-37(35-50-53(47,48)51-36-38(42)41(45)46)34-49-39(43)32-30-28-26-24-22-20-18-16-14-12-10-8-6-4-2/h5,7,9-13,15-19,37-38H,3-4,6,8,14,20-36,42H2,1-2H3,(H,45,46)(H,47,48)/b7-5+,11-9+,12-10+,15-13+,18-16+,19-17+/t37-,38+/m1/s1. The maximum absolute atomic E-state index is 12.6. The SMILES string of the molecule is CC/C=C/C=C/C=C/C=C/CCCCCCCC(=O)O[C@H](COC(=O)CCCCCCC/C=C/C/C=C/CCCC)COP(=O)(O)OC[C@H](N)C(=O)O. The summed E-state index contributed by atoms with van der Waals surface area (Å²) in [7, 11) is -4.73. The molecule has 0 amide bonds. The molecule has 1 unspecified atom stereocenters. The molecule has 0 aromatic heterocycles. The Morgan fingerprint density at radius 2 is 1.13 bits per heavy atom. The molecular formula is C41H68NO10P. The average molecular weight is 766 g/mol. The van der Waals surface area contributed by atoms with Gasteiger partial charge in [-0.15, -0.1) is 0 Å². The number of hydrogen-bond donors (Lipinski definition) is 3. The van der Waals surface area contributed by atoms with Gasteiger partial charge in [0.2, 0.25) is 0 Å². The summed E-state index contributed by atoms with van der Waals surface area (Å²) in [6.45, 7) is 2.55. The molecule has 0 saturated carbocycles. The Morgan fingerprint density at radius 1 is 0.623 bits per heavy atom. The molecule has 11 nitrogen and oxygen atoms in total. The van der Waals surface area contributed by atoms with E-state index in [1.807, 2.05) is 36.5 Å². The number of nitrogens with two attached hydrogens (primary N) is 1. The zero-order valence-corrected chi connectivity index (χ0v) is 33.2. The molecule has 0 aliphatic rings. The van der Waals surface area contributed by atoms with Gasteiger partial charge in [-0.25, -0.2) is 4.57 Å². The molecule has 53 heavy (non-hydrogen) atoms. The van der Waals surface area contributed by atoms with E-state index in [2.05, 4.69) is 54.8 Å². The topological polar surface area (TPSA) is 172 Å². The van der Waals surface area contributed by atoms with Crippen LogP contribution in [0.15, 0.2) is 72.9 Å². The van der Waals surface area contributed by atoms with Crippen LogP contribution in [0.25, 0.3) is 0 Å². The van der Waals surface area contributed by atoms with Crippen LogP contribution in [0, 0.1) is 0 Å². The van der Waals surface area contributed by atoms with Crippen LogP contribution in [0.3, 0.4) is 0 Å². The fourth-order valence-electron chi connectivity index (χ4n) is 4.68. The van der Waals surface area contributed by atoms with Gasteiger partial charge in [0.05, 0.1) is 13.2 Å². The molecule has 0 rings (SSSR count). The first kappa shape index (κ1) is 49.9. The summed E-state index contributed by atoms with van der Waals surface area (Å²) >= 11 is 0. The summed E-state index contributed by atoms with van der Waals surface area (Å²) in [5.41, 5.74) is 5.32. The highest BCUT2D eigenvalue weighted by atomic mass is 31.2. The maximum atomic E-state index is 12.6. The number of ether oxygens (including phenoxy) is 2. The lowest BCUT2D eigenvalue weighted by atomic mass is 10.1. The molecule has 0 fully saturated rings. The fourth-order valence-corrected chi connectivity index (χ4v) is 5.46. The summed E-state index contributed by atoms with van der Waals surface area (Å²) in [6, 6.07) is -1.53. The van der Waals surface area contributed by atoms with Crippen LogP contribution in [0.1, 0.15) is 136 Å². The van der Waals surface area contributed by atoms with Gasteiger partial charge in [-0.1, -0.05) is 138 Å². The van der Waals surface area contributed by atoms with Crippen LogP contribution in [0.2, 0.25) is 0 Å². The minimum atomic E-state index is -4.73. The molecule has 4 N–H and O–H groups in total. The van der Waals surface area contributed by atoms with Gasteiger partial charge in [0, 0.05) is 12.8 Å². The predicted molar refractivity (Wildman–Crippen MR) is 212 cm³/mol. The summed E-state index contributed by atoms with van der Waals surface area (Å²) in [5.74, 6) is -2.44. The Kier molecular flexibility index (Phi) is 33.8. The van der Waals surface area contributed by atoms with Crippen LogP contribution in [0.4, 0.5) is 0 Å². The number of hydrogen-bond acceptors (Lipinski definition) is 9. The first-order valence-electron chi connectivity index (χ1n) is 19.5. The Morgan fingerprint density at radius 3 is 1.74 bits per heavy atom. The third-order valence-corrected chi connectivity index (χ3v) is 8.73. The van der Waals surface area contributed by atoms with Crippen LogP contribution in [-0.2, 0) is 37.5 Å². The molecule has 302 valence electrons. The van der Waals surface area contributed by atoms with E-state index in [1.165, 1.54) is 12.8 Å². The van der Waals surface area contributed by atoms with Crippen molar-refractivity contribution >= 4 is 25.7 Å². The number of aliphatic carboxylic acids is 1. The number of unbranched alkanes of at least 4 members (excludes halogenated alkanes) is 12. The minimum Gasteiger partial charge on any atom is -0.480 e. The number of phosphoric acid groups is 1. The Balaban J connectivity index is 4.52. The van der Waals surface area contributed by atoms with Gasteiger partial charge in [0.15, 0.2) is 6.10 Å². The van der Waals surface area contributed by atoms with Gasteiger partial charge in [0.25, 0.3) is 0 Å². The molecule has 0 heterocycles. The highest BCUT2D eigenvalue weighted by Gasteiger charge is 2.28. The average Bonchev–Trinajstić information content (AvgIpc) is 3.13. The van der Waals surface area contributed by atoms with Crippen LogP contribution in [0.5, 0.6) is 0 Å². The van der Waals surface area contributed by atoms with Gasteiger partial charge in [0.1, 0.15) is 12.6 Å². The molecule has 0 aromatic carbocycles. The second-order valence-electron chi connectivity index (χ2n) is 12.8. The van der Waals surface area contributed by atoms with Crippen molar-refractivity contribution in [3.63, 3.8) is 0 Å². The summed E-state index contributed by atoms with van der Waals surface area (Å²) < 4.78 is 32.6. The number of rotatable bonds is 35. The Labute approximate surface area is 319 Å². The van der Waals surface area contributed by atoms with Gasteiger partial charge < -0.3 is 25.2 Å². The normalized spacial score (nSPS) is 14.6. The first-order chi connectivity index (χ1) is 25.6. The number of carbonyl (C=O) groups is 3. The van der Waals surface area contributed by atoms with Gasteiger partial charge in [-0.3, -0.25) is 23.4 Å². The maximum Gasteiger partial charge on any atom is 0.472 e. The van der Waals surface area contributed by atoms with Gasteiger partial charge in [-0.2, -0.15) is 0 Å². The summed E-state index contributed by atoms with van der Waals surface area (Å²) in [6.07, 6.45) is 41.1. The van der Waals surface area contributed by atoms with Gasteiger partial charge >= 0.3 is 25.7 Å². The van der Waals surface area contributed by atoms with E-state index >= 15 is 0 Å². The van der Waals surface area contributed by atoms with Crippen molar-refractivity contribution in [3.05, 3.63) is 72.9 Å². The van der Waals surface area contributed by atoms with Crippen LogP contribution in [-0.4, -0.2) is 59.9 Å². The number of carbonyl (C=O) groups excluding carboxylic acids is 2. The fraction of sp³-hybridized carbons (Fsp3) is 0.634. The van der Waals surface area contributed by atoms with Crippen LogP contribution >= 0.6 is 7.82 Å². The summed E-state index contributed by atoms with van der Waals surface area (Å²) in [4.78, 5) is 45.8. The second kappa shape index (κ2) is 35.9. The zero-order valence-electron chi connectivity index (χ0n) is 32.3. The third kappa shape index (κ3) is 35.7. The molecule has 0 aliphatic heterocycles. The van der Waals surface area contributed by atoms with Crippen molar-refractivity contribution in [1.82, 2.24) is 0 Å². The monoisotopic (exact) mass is 765 g/mol. The quantitative estimate of drug-likeness (QED) is 0.0184. The van der Waals surface area contributed by atoms with Crippen molar-refractivity contribution in [2.45, 2.75) is 148 Å². The molecule has 0 saturated heterocycles. The van der Waals surface area contributed by atoms with E-state index in [4.69, 9.17) is 24.8 Å². The number of carboxylic acids is 1. The lowest BCUT2D eigenvalue weighted by Gasteiger charge is -2.20. The van der Waals surface area contributed by atoms with E-state index in [9.17, 15) is 23.8 Å². The predicted octanol–water partition coefficient (Wildman–Crippen LogP) is 9.78. The van der Waals surface area contributed by atoms with Crippen molar-refractivity contribution < 1.29 is 47.5 Å². The van der Waals surface area contributed by atoms with Crippen molar-refractivity contribution in [1.29, 1.82) is 0 Å². The molecule has 12 heteroatoms. The smallest absolute Gasteiger partial charge is 0.472 e. The van der Waals surface area contributed by atoms with E-state index < -0.39 is 51.1 Å². The highest BCUT2D eigenvalue weighted by molar-refractivity contribution is 7.47. The molecule has 0 spiro atoms. The third-order valence-electron chi connectivity index (χ3n) is 7.78. The first-order valence-corrected chi connectivity index (χ1v) is 21.0. The zero-order chi connectivity index (χ0) is 39.3.